The molecule has 0 bridgehead atoms. The van der Waals surface area contributed by atoms with E-state index in [2.05, 4.69) is 218 Å². The van der Waals surface area contributed by atoms with Crippen LogP contribution in [0.25, 0.3) is 99.1 Å². The summed E-state index contributed by atoms with van der Waals surface area (Å²) in [7, 11) is 0. The fraction of sp³-hybridized carbons (Fsp3) is 0. The monoisotopic (exact) mass is 684 g/mol. The Kier molecular flexibility index (Phi) is 7.93. The Labute approximate surface area is 316 Å². The highest BCUT2D eigenvalue weighted by molar-refractivity contribution is 6.26. The first-order valence-electron chi connectivity index (χ1n) is 18.7. The van der Waals surface area contributed by atoms with Gasteiger partial charge < -0.3 is 0 Å². The number of rotatable bonds is 6. The van der Waals surface area contributed by atoms with Gasteiger partial charge in [-0.3, -0.25) is 0 Å². The smallest absolute Gasteiger partial charge is 0.00259 e. The molecule has 0 N–H and O–H groups in total. The maximum atomic E-state index is 2.43. The van der Waals surface area contributed by atoms with E-state index in [1.165, 1.54) is 99.1 Å². The van der Waals surface area contributed by atoms with Gasteiger partial charge in [0.1, 0.15) is 0 Å². The minimum Gasteiger partial charge on any atom is -0.0622 e. The lowest BCUT2D eigenvalue weighted by molar-refractivity contribution is 1.58. The highest BCUT2D eigenvalue weighted by atomic mass is 14.2. The molecule has 0 aromatic heterocycles. The number of hydrogen-bond acceptors (Lipinski definition) is 0. The zero-order valence-electron chi connectivity index (χ0n) is 29.8. The molecule has 0 heteroatoms. The molecule has 0 amide bonds. The first kappa shape index (κ1) is 31.7. The molecule has 0 fully saturated rings. The van der Waals surface area contributed by atoms with Gasteiger partial charge in [-0.15, -0.1) is 0 Å². The first-order chi connectivity index (χ1) is 26.8. The Bertz CT molecular complexity index is 2740. The molecule has 0 unspecified atom stereocenters. The zero-order chi connectivity index (χ0) is 35.8. The number of fused-ring (bicyclic) bond motifs is 5. The van der Waals surface area contributed by atoms with Gasteiger partial charge in [0, 0.05) is 0 Å². The van der Waals surface area contributed by atoms with Crippen molar-refractivity contribution in [2.24, 2.45) is 0 Å². The quantitative estimate of drug-likeness (QED) is 0.153. The van der Waals surface area contributed by atoms with Crippen molar-refractivity contribution in [1.82, 2.24) is 0 Å². The lowest BCUT2D eigenvalue weighted by Crippen LogP contribution is -1.92. The Morgan fingerprint density at radius 3 is 0.889 bits per heavy atom. The van der Waals surface area contributed by atoms with Crippen molar-refractivity contribution in [3.05, 3.63) is 218 Å². The van der Waals surface area contributed by atoms with Gasteiger partial charge in [0.2, 0.25) is 0 Å². The molecule has 0 saturated heterocycles. The summed E-state index contributed by atoms with van der Waals surface area (Å²) in [5, 5.41) is 7.59. The van der Waals surface area contributed by atoms with Crippen LogP contribution in [0, 0.1) is 0 Å². The summed E-state index contributed by atoms with van der Waals surface area (Å²) < 4.78 is 0. The largest absolute Gasteiger partial charge is 0.0622 e. The average molecular weight is 685 g/mol. The summed E-state index contributed by atoms with van der Waals surface area (Å²) in [4.78, 5) is 0. The minimum atomic E-state index is 1.21. The van der Waals surface area contributed by atoms with Crippen LogP contribution < -0.4 is 0 Å². The summed E-state index contributed by atoms with van der Waals surface area (Å²) in [5.74, 6) is 0. The van der Waals surface area contributed by atoms with E-state index >= 15 is 0 Å². The van der Waals surface area contributed by atoms with Gasteiger partial charge >= 0.3 is 0 Å². The number of hydrogen-bond donors (Lipinski definition) is 0. The molecule has 0 nitrogen and oxygen atoms in total. The van der Waals surface area contributed by atoms with Crippen molar-refractivity contribution in [2.45, 2.75) is 0 Å². The summed E-state index contributed by atoms with van der Waals surface area (Å²) in [6.07, 6.45) is 0. The van der Waals surface area contributed by atoms with Crippen molar-refractivity contribution in [2.75, 3.05) is 0 Å². The van der Waals surface area contributed by atoms with Crippen LogP contribution in [0.5, 0.6) is 0 Å². The van der Waals surface area contributed by atoms with E-state index in [9.17, 15) is 0 Å². The first-order valence-corrected chi connectivity index (χ1v) is 18.7. The summed E-state index contributed by atoms with van der Waals surface area (Å²) in [6.45, 7) is 0. The van der Waals surface area contributed by atoms with Gasteiger partial charge in [0.15, 0.2) is 0 Å². The SMILES string of the molecule is c1ccc(-c2ccc(-c3ccccc3-c3cc4cc(-c5ccccc5-c5ccc(-c6ccccc6)cc5)c5ccccc5c4c4ccccc34)cc2)cc1. The van der Waals surface area contributed by atoms with Crippen LogP contribution in [-0.4, -0.2) is 0 Å². The van der Waals surface area contributed by atoms with E-state index in [0.29, 0.717) is 0 Å². The Morgan fingerprint density at radius 2 is 0.481 bits per heavy atom. The summed E-state index contributed by atoms with van der Waals surface area (Å²) in [5.41, 5.74) is 14.7. The second-order valence-electron chi connectivity index (χ2n) is 14.0. The standard InChI is InChI=1S/C54H36/c1-3-15-37(16-4-1)39-27-31-41(32-28-39)44-19-7-9-21-46(44)52-35-43-36-53(49-24-12-14-26-51(49)54(43)50-25-13-11-23-48(50)52)47-22-10-8-20-45(47)42-33-29-40(30-34-42)38-17-5-2-6-18-38/h1-36H. The fourth-order valence-corrected chi connectivity index (χ4v) is 8.31. The van der Waals surface area contributed by atoms with Crippen LogP contribution in [0.15, 0.2) is 218 Å². The van der Waals surface area contributed by atoms with E-state index < -0.39 is 0 Å². The predicted octanol–water partition coefficient (Wildman–Crippen LogP) is 15.1. The molecule has 0 spiro atoms. The molecule has 0 heterocycles. The molecule has 0 atom stereocenters. The maximum Gasteiger partial charge on any atom is -0.00259 e. The number of benzene rings is 10. The van der Waals surface area contributed by atoms with Crippen molar-refractivity contribution in [3.63, 3.8) is 0 Å². The van der Waals surface area contributed by atoms with Crippen molar-refractivity contribution < 1.29 is 0 Å². The molecule has 0 radical (unpaired) electrons. The van der Waals surface area contributed by atoms with E-state index in [1.54, 1.807) is 0 Å². The Hall–Kier alpha value is -7.02. The Balaban J connectivity index is 1.16. The molecule has 0 aliphatic carbocycles. The average Bonchev–Trinajstić information content (AvgIpc) is 3.26. The van der Waals surface area contributed by atoms with E-state index in [4.69, 9.17) is 0 Å². The topological polar surface area (TPSA) is 0 Å². The van der Waals surface area contributed by atoms with Gasteiger partial charge in [-0.2, -0.15) is 0 Å². The molecule has 10 rings (SSSR count). The van der Waals surface area contributed by atoms with Crippen LogP contribution in [-0.2, 0) is 0 Å². The molecule has 0 aliphatic heterocycles. The summed E-state index contributed by atoms with van der Waals surface area (Å²) >= 11 is 0. The maximum absolute atomic E-state index is 2.43. The van der Waals surface area contributed by atoms with E-state index in [0.717, 1.165) is 0 Å². The second-order valence-corrected chi connectivity index (χ2v) is 14.0. The minimum absolute atomic E-state index is 1.21. The van der Waals surface area contributed by atoms with Gasteiger partial charge in [0.25, 0.3) is 0 Å². The van der Waals surface area contributed by atoms with Crippen LogP contribution in [0.1, 0.15) is 0 Å². The van der Waals surface area contributed by atoms with Crippen LogP contribution >= 0.6 is 0 Å². The van der Waals surface area contributed by atoms with Crippen molar-refractivity contribution in [1.29, 1.82) is 0 Å². The highest BCUT2D eigenvalue weighted by Crippen LogP contribution is 2.45. The molecule has 54 heavy (non-hydrogen) atoms. The molecule has 10 aromatic rings. The third-order valence-electron chi connectivity index (χ3n) is 10.9. The van der Waals surface area contributed by atoms with Gasteiger partial charge in [-0.05, 0) is 111 Å². The lowest BCUT2D eigenvalue weighted by atomic mass is 9.84. The summed E-state index contributed by atoms with van der Waals surface area (Å²) in [6, 6.07) is 79.7. The second kappa shape index (κ2) is 13.5. The van der Waals surface area contributed by atoms with Gasteiger partial charge in [-0.25, -0.2) is 0 Å². The van der Waals surface area contributed by atoms with Crippen LogP contribution in [0.3, 0.4) is 0 Å². The third kappa shape index (κ3) is 5.57. The van der Waals surface area contributed by atoms with Gasteiger partial charge in [0.05, 0.1) is 0 Å². The molecule has 10 aromatic carbocycles. The normalized spacial score (nSPS) is 11.3. The molecule has 252 valence electrons. The Morgan fingerprint density at radius 1 is 0.185 bits per heavy atom. The van der Waals surface area contributed by atoms with E-state index in [-0.39, 0.29) is 0 Å². The highest BCUT2D eigenvalue weighted by Gasteiger charge is 2.18. The fourth-order valence-electron chi connectivity index (χ4n) is 8.31. The van der Waals surface area contributed by atoms with Crippen LogP contribution in [0.4, 0.5) is 0 Å². The third-order valence-corrected chi connectivity index (χ3v) is 10.9. The van der Waals surface area contributed by atoms with Crippen molar-refractivity contribution in [3.8, 4) is 66.8 Å². The molecular formula is C54H36. The van der Waals surface area contributed by atoms with Crippen molar-refractivity contribution >= 4 is 32.3 Å². The molecular weight excluding hydrogens is 649 g/mol. The van der Waals surface area contributed by atoms with Crippen LogP contribution in [0.2, 0.25) is 0 Å². The molecule has 0 saturated carbocycles. The lowest BCUT2D eigenvalue weighted by Gasteiger charge is -2.19. The van der Waals surface area contributed by atoms with Gasteiger partial charge in [-0.1, -0.05) is 206 Å². The predicted molar refractivity (Wildman–Crippen MR) is 232 cm³/mol. The molecule has 0 aliphatic rings. The zero-order valence-corrected chi connectivity index (χ0v) is 29.8. The van der Waals surface area contributed by atoms with E-state index in [1.807, 2.05) is 0 Å².